The first kappa shape index (κ1) is 32.1. The molecule has 1 aliphatic heterocycles. The number of nitrogens with zero attached hydrogens (tertiary/aromatic N) is 4. The van der Waals surface area contributed by atoms with Gasteiger partial charge in [-0.25, -0.2) is 22.3 Å². The standard InChI is InChI=1S/C32H38FN5O6S/c1-32(2,3)44-31(41)37(28-21-26(28)22-5-9-24(33)10-6-22)16-13-27(30(40)36-17-19-45(42,43)20-18-36)35-29(39)23-7-11-25(12-8-23)38-15-4-14-34-38/h4-12,14-15,26-28H,13,16-21H2,1-3H3,(H,35,39)/t26-,27-,28+/m0/s1. The van der Waals surface area contributed by atoms with Gasteiger partial charge in [-0.1, -0.05) is 12.1 Å². The Balaban J connectivity index is 1.34. The Morgan fingerprint density at radius 3 is 2.33 bits per heavy atom. The maximum absolute atomic E-state index is 13.7. The fourth-order valence-electron chi connectivity index (χ4n) is 5.41. The first-order valence-electron chi connectivity index (χ1n) is 14.9. The molecule has 2 aliphatic rings. The molecule has 1 saturated carbocycles. The van der Waals surface area contributed by atoms with E-state index in [1.807, 2.05) is 0 Å². The van der Waals surface area contributed by atoms with Gasteiger partial charge in [0.05, 0.1) is 17.2 Å². The summed E-state index contributed by atoms with van der Waals surface area (Å²) in [5, 5.41) is 7.02. The lowest BCUT2D eigenvalue weighted by atomic mass is 10.1. The topological polar surface area (TPSA) is 131 Å². The van der Waals surface area contributed by atoms with Gasteiger partial charge in [0.15, 0.2) is 9.84 Å². The number of benzene rings is 2. The minimum absolute atomic E-state index is 0.0250. The van der Waals surface area contributed by atoms with Gasteiger partial charge in [-0.05, 0) is 81.6 Å². The van der Waals surface area contributed by atoms with Crippen LogP contribution in [0.25, 0.3) is 5.69 Å². The molecule has 1 aromatic heterocycles. The number of ether oxygens (including phenoxy) is 1. The summed E-state index contributed by atoms with van der Waals surface area (Å²) in [5.74, 6) is -1.58. The quantitative estimate of drug-likeness (QED) is 0.379. The van der Waals surface area contributed by atoms with Gasteiger partial charge in [-0.2, -0.15) is 5.10 Å². The number of halogens is 1. The van der Waals surface area contributed by atoms with Crippen LogP contribution in [0.3, 0.4) is 0 Å². The molecule has 2 heterocycles. The van der Waals surface area contributed by atoms with E-state index in [1.165, 1.54) is 17.0 Å². The molecule has 0 radical (unpaired) electrons. The van der Waals surface area contributed by atoms with E-state index in [4.69, 9.17) is 4.74 Å². The molecule has 1 saturated heterocycles. The highest BCUT2D eigenvalue weighted by molar-refractivity contribution is 7.91. The van der Waals surface area contributed by atoms with Crippen molar-refractivity contribution >= 4 is 27.7 Å². The first-order chi connectivity index (χ1) is 21.3. The molecule has 45 heavy (non-hydrogen) atoms. The van der Waals surface area contributed by atoms with Gasteiger partial charge in [0.2, 0.25) is 5.91 Å². The molecule has 240 valence electrons. The maximum atomic E-state index is 13.7. The van der Waals surface area contributed by atoms with Crippen LogP contribution in [0, 0.1) is 5.82 Å². The number of aromatic nitrogens is 2. The van der Waals surface area contributed by atoms with E-state index in [2.05, 4.69) is 10.4 Å². The summed E-state index contributed by atoms with van der Waals surface area (Å²) in [6.45, 7) is 5.44. The molecule has 1 aliphatic carbocycles. The average molecular weight is 640 g/mol. The van der Waals surface area contributed by atoms with Gasteiger partial charge in [-0.3, -0.25) is 9.59 Å². The molecular formula is C32H38FN5O6S. The summed E-state index contributed by atoms with van der Waals surface area (Å²) in [5.41, 5.74) is 1.21. The van der Waals surface area contributed by atoms with Crippen molar-refractivity contribution in [2.75, 3.05) is 31.1 Å². The lowest BCUT2D eigenvalue weighted by molar-refractivity contribution is -0.133. The van der Waals surface area contributed by atoms with Crippen LogP contribution in [-0.4, -0.2) is 94.7 Å². The summed E-state index contributed by atoms with van der Waals surface area (Å²) in [6, 6.07) is 13.4. The second kappa shape index (κ2) is 13.0. The Morgan fingerprint density at radius 1 is 1.07 bits per heavy atom. The zero-order valence-electron chi connectivity index (χ0n) is 25.6. The largest absolute Gasteiger partial charge is 0.444 e. The summed E-state index contributed by atoms with van der Waals surface area (Å²) in [4.78, 5) is 43.5. The van der Waals surface area contributed by atoms with Crippen molar-refractivity contribution in [1.82, 2.24) is 24.9 Å². The molecule has 0 unspecified atom stereocenters. The van der Waals surface area contributed by atoms with Crippen molar-refractivity contribution in [2.24, 2.45) is 0 Å². The van der Waals surface area contributed by atoms with Crippen LogP contribution in [0.15, 0.2) is 67.0 Å². The number of rotatable bonds is 9. The molecule has 3 amide bonds. The van der Waals surface area contributed by atoms with Gasteiger partial charge in [0, 0.05) is 49.6 Å². The summed E-state index contributed by atoms with van der Waals surface area (Å²) in [7, 11) is -3.24. The smallest absolute Gasteiger partial charge is 0.410 e. The Morgan fingerprint density at radius 2 is 1.73 bits per heavy atom. The predicted molar refractivity (Wildman–Crippen MR) is 165 cm³/mol. The van der Waals surface area contributed by atoms with Crippen LogP contribution < -0.4 is 5.32 Å². The van der Waals surface area contributed by atoms with Crippen molar-refractivity contribution < 1.29 is 31.9 Å². The van der Waals surface area contributed by atoms with Gasteiger partial charge in [0.1, 0.15) is 17.5 Å². The fraction of sp³-hybridized carbons (Fsp3) is 0.438. The minimum Gasteiger partial charge on any atom is -0.444 e. The number of hydrogen-bond donors (Lipinski definition) is 1. The molecule has 3 atom stereocenters. The van der Waals surface area contributed by atoms with E-state index >= 15 is 0 Å². The van der Waals surface area contributed by atoms with Crippen LogP contribution in [0.4, 0.5) is 9.18 Å². The third-order valence-electron chi connectivity index (χ3n) is 7.90. The second-order valence-electron chi connectivity index (χ2n) is 12.4. The Kier molecular flexibility index (Phi) is 9.28. The number of hydrogen-bond acceptors (Lipinski definition) is 7. The van der Waals surface area contributed by atoms with Gasteiger partial charge >= 0.3 is 6.09 Å². The molecule has 2 fully saturated rings. The minimum atomic E-state index is -3.24. The van der Waals surface area contributed by atoms with Gasteiger partial charge < -0.3 is 19.9 Å². The van der Waals surface area contributed by atoms with Crippen LogP contribution in [-0.2, 0) is 19.4 Å². The highest BCUT2D eigenvalue weighted by Crippen LogP contribution is 2.45. The highest BCUT2D eigenvalue weighted by Gasteiger charge is 2.46. The number of carbonyl (C=O) groups is 3. The lowest BCUT2D eigenvalue weighted by Crippen LogP contribution is -2.54. The van der Waals surface area contributed by atoms with E-state index in [0.717, 1.165) is 11.3 Å². The molecule has 2 aromatic carbocycles. The van der Waals surface area contributed by atoms with Crippen LogP contribution in [0.1, 0.15) is 55.5 Å². The SMILES string of the molecule is CC(C)(C)OC(=O)N(CC[C@H](NC(=O)c1ccc(-n2cccn2)cc1)C(=O)N1CCS(=O)(=O)CC1)[C@@H]1C[C@H]1c1ccc(F)cc1. The molecule has 3 aromatic rings. The number of nitrogens with one attached hydrogen (secondary N) is 1. The first-order valence-corrected chi connectivity index (χ1v) is 16.8. The second-order valence-corrected chi connectivity index (χ2v) is 14.7. The van der Waals surface area contributed by atoms with E-state index in [-0.39, 0.29) is 55.3 Å². The molecule has 0 bridgehead atoms. The van der Waals surface area contributed by atoms with E-state index in [0.29, 0.717) is 12.0 Å². The lowest BCUT2D eigenvalue weighted by Gasteiger charge is -2.32. The van der Waals surface area contributed by atoms with Crippen molar-refractivity contribution in [3.05, 3.63) is 83.9 Å². The molecule has 0 spiro atoms. The Hall–Kier alpha value is -4.26. The van der Waals surface area contributed by atoms with Gasteiger partial charge in [-0.15, -0.1) is 0 Å². The third kappa shape index (κ3) is 8.27. The highest BCUT2D eigenvalue weighted by atomic mass is 32.2. The monoisotopic (exact) mass is 639 g/mol. The van der Waals surface area contributed by atoms with Crippen molar-refractivity contribution in [1.29, 1.82) is 0 Å². The normalized spacial score (nSPS) is 19.8. The van der Waals surface area contributed by atoms with E-state index in [1.54, 1.807) is 85.2 Å². The molecule has 5 rings (SSSR count). The van der Waals surface area contributed by atoms with Crippen molar-refractivity contribution in [2.45, 2.75) is 57.2 Å². The number of carbonyl (C=O) groups excluding carboxylic acids is 3. The van der Waals surface area contributed by atoms with Crippen molar-refractivity contribution in [3.8, 4) is 5.69 Å². The third-order valence-corrected chi connectivity index (χ3v) is 9.51. The zero-order chi connectivity index (χ0) is 32.4. The molecular weight excluding hydrogens is 601 g/mol. The number of amides is 3. The zero-order valence-corrected chi connectivity index (χ0v) is 26.4. The Labute approximate surface area is 262 Å². The maximum Gasteiger partial charge on any atom is 0.410 e. The summed E-state index contributed by atoms with van der Waals surface area (Å²) < 4.78 is 44.9. The van der Waals surface area contributed by atoms with Gasteiger partial charge in [0.25, 0.3) is 5.91 Å². The van der Waals surface area contributed by atoms with Crippen LogP contribution >= 0.6 is 0 Å². The number of sulfone groups is 1. The molecule has 11 nitrogen and oxygen atoms in total. The summed E-state index contributed by atoms with van der Waals surface area (Å²) >= 11 is 0. The van der Waals surface area contributed by atoms with Crippen molar-refractivity contribution in [3.63, 3.8) is 0 Å². The molecule has 1 N–H and O–H groups in total. The van der Waals surface area contributed by atoms with E-state index in [9.17, 15) is 27.2 Å². The predicted octanol–water partition coefficient (Wildman–Crippen LogP) is 3.55. The molecule has 13 heteroatoms. The van der Waals surface area contributed by atoms with Crippen LogP contribution in [0.2, 0.25) is 0 Å². The Bertz CT molecular complexity index is 1610. The van der Waals surface area contributed by atoms with Crippen LogP contribution in [0.5, 0.6) is 0 Å². The fourth-order valence-corrected chi connectivity index (χ4v) is 6.62. The van der Waals surface area contributed by atoms with E-state index < -0.39 is 39.4 Å². The summed E-state index contributed by atoms with van der Waals surface area (Å²) in [6.07, 6.45) is 3.59. The average Bonchev–Trinajstić information content (AvgIpc) is 3.56.